The van der Waals surface area contributed by atoms with Crippen LogP contribution in [0.3, 0.4) is 0 Å². The fourth-order valence-electron chi connectivity index (χ4n) is 2.44. The number of Topliss-reactive ketones (excluding diaryl/α,β-unsaturated/α-hetero) is 1. The smallest absolute Gasteiger partial charge is 0.410 e. The molecule has 1 unspecified atom stereocenters. The number of nitrogens with zero attached hydrogens (tertiary/aromatic N) is 2. The Morgan fingerprint density at radius 3 is 2.58 bits per heavy atom. The summed E-state index contributed by atoms with van der Waals surface area (Å²) in [5, 5.41) is 9.43. The van der Waals surface area contributed by atoms with Crippen molar-refractivity contribution in [1.82, 2.24) is 9.80 Å². The van der Waals surface area contributed by atoms with Crippen LogP contribution in [-0.4, -0.2) is 70.6 Å². The van der Waals surface area contributed by atoms with E-state index in [2.05, 4.69) is 0 Å². The molecule has 2 heterocycles. The zero-order chi connectivity index (χ0) is 17.9. The Hall–Kier alpha value is -2.35. The van der Waals surface area contributed by atoms with E-state index in [1.54, 1.807) is 26.8 Å². The van der Waals surface area contributed by atoms with Gasteiger partial charge < -0.3 is 19.2 Å². The first-order valence-corrected chi connectivity index (χ1v) is 7.69. The third-order valence-electron chi connectivity index (χ3n) is 3.57. The van der Waals surface area contributed by atoms with Crippen LogP contribution in [-0.2, 0) is 9.53 Å². The normalized spacial score (nSPS) is 19.1. The number of hydrogen-bond donors (Lipinski definition) is 1. The van der Waals surface area contributed by atoms with Gasteiger partial charge in [0.2, 0.25) is 5.78 Å². The van der Waals surface area contributed by atoms with Crippen LogP contribution < -0.4 is 0 Å². The van der Waals surface area contributed by atoms with Gasteiger partial charge >= 0.3 is 12.1 Å². The number of hydrogen-bond acceptors (Lipinski definition) is 6. The molecule has 24 heavy (non-hydrogen) atoms. The third-order valence-corrected chi connectivity index (χ3v) is 3.57. The lowest BCUT2D eigenvalue weighted by Gasteiger charge is -2.39. The Kier molecular flexibility index (Phi) is 5.28. The van der Waals surface area contributed by atoms with Crippen molar-refractivity contribution in [3.8, 4) is 0 Å². The lowest BCUT2D eigenvalue weighted by atomic mass is 10.1. The summed E-state index contributed by atoms with van der Waals surface area (Å²) in [7, 11) is 0. The van der Waals surface area contributed by atoms with Gasteiger partial charge in [0, 0.05) is 13.1 Å². The Balaban J connectivity index is 2.02. The third kappa shape index (κ3) is 4.58. The highest BCUT2D eigenvalue weighted by Gasteiger charge is 2.37. The molecule has 0 radical (unpaired) electrons. The Morgan fingerprint density at radius 2 is 2.04 bits per heavy atom. The van der Waals surface area contributed by atoms with Crippen LogP contribution in [0.15, 0.2) is 22.8 Å². The molecule has 1 aromatic heterocycles. The first-order chi connectivity index (χ1) is 11.2. The van der Waals surface area contributed by atoms with Gasteiger partial charge in [-0.1, -0.05) is 0 Å². The van der Waals surface area contributed by atoms with E-state index in [1.165, 1.54) is 22.1 Å². The Morgan fingerprint density at radius 1 is 1.33 bits per heavy atom. The zero-order valence-corrected chi connectivity index (χ0v) is 14.0. The summed E-state index contributed by atoms with van der Waals surface area (Å²) in [5.74, 6) is -1.19. The molecule has 0 aliphatic carbocycles. The molecule has 2 rings (SSSR count). The lowest BCUT2D eigenvalue weighted by molar-refractivity contribution is -0.145. The maximum absolute atomic E-state index is 12.1. The maximum atomic E-state index is 12.1. The van der Waals surface area contributed by atoms with Gasteiger partial charge in [-0.05, 0) is 32.9 Å². The van der Waals surface area contributed by atoms with E-state index >= 15 is 0 Å². The van der Waals surface area contributed by atoms with Gasteiger partial charge in [-0.15, -0.1) is 0 Å². The van der Waals surface area contributed by atoms with Crippen molar-refractivity contribution in [2.45, 2.75) is 32.4 Å². The molecule has 132 valence electrons. The number of aliphatic carboxylic acids is 1. The van der Waals surface area contributed by atoms with E-state index in [-0.39, 0.29) is 31.2 Å². The van der Waals surface area contributed by atoms with E-state index in [0.717, 1.165) is 0 Å². The van der Waals surface area contributed by atoms with E-state index in [0.29, 0.717) is 6.54 Å². The minimum absolute atomic E-state index is 0.0321. The highest BCUT2D eigenvalue weighted by Crippen LogP contribution is 2.16. The molecule has 0 bridgehead atoms. The number of carboxylic acid groups (broad SMARTS) is 1. The molecular formula is C16H22N2O6. The van der Waals surface area contributed by atoms with Crippen molar-refractivity contribution in [2.75, 3.05) is 26.2 Å². The van der Waals surface area contributed by atoms with Gasteiger partial charge in [-0.3, -0.25) is 14.5 Å². The summed E-state index contributed by atoms with van der Waals surface area (Å²) in [6.45, 7) is 5.70. The molecule has 8 heteroatoms. The van der Waals surface area contributed by atoms with Crippen molar-refractivity contribution in [3.05, 3.63) is 24.2 Å². The SMILES string of the molecule is CC(C)(C)OC(=O)N1CCN(CC(=O)c2ccco2)C(C(=O)O)C1. The number of amides is 1. The largest absolute Gasteiger partial charge is 0.480 e. The summed E-state index contributed by atoms with van der Waals surface area (Å²) in [4.78, 5) is 38.6. The molecule has 1 saturated heterocycles. The lowest BCUT2D eigenvalue weighted by Crippen LogP contribution is -2.59. The molecule has 0 saturated carbocycles. The second-order valence-corrected chi connectivity index (χ2v) is 6.65. The number of piperazine rings is 1. The van der Waals surface area contributed by atoms with Gasteiger partial charge in [0.25, 0.3) is 0 Å². The molecular weight excluding hydrogens is 316 g/mol. The predicted molar refractivity (Wildman–Crippen MR) is 83.8 cm³/mol. The first-order valence-electron chi connectivity index (χ1n) is 7.69. The van der Waals surface area contributed by atoms with Gasteiger partial charge in [0.05, 0.1) is 19.4 Å². The van der Waals surface area contributed by atoms with Crippen LogP contribution in [0.5, 0.6) is 0 Å². The van der Waals surface area contributed by atoms with Crippen LogP contribution >= 0.6 is 0 Å². The first kappa shape index (κ1) is 18.0. The van der Waals surface area contributed by atoms with E-state index < -0.39 is 23.7 Å². The Bertz CT molecular complexity index is 605. The standard InChI is InChI=1S/C16H22N2O6/c1-16(2,3)24-15(22)18-7-6-17(11(9-18)14(20)21)10-12(19)13-5-4-8-23-13/h4-5,8,11H,6-7,9-10H2,1-3H3,(H,20,21). The molecule has 1 amide bonds. The van der Waals surface area contributed by atoms with Crippen LogP contribution in [0.2, 0.25) is 0 Å². The molecule has 0 spiro atoms. The Labute approximate surface area is 140 Å². The fourth-order valence-corrected chi connectivity index (χ4v) is 2.44. The molecule has 1 aromatic rings. The van der Waals surface area contributed by atoms with Crippen LogP contribution in [0, 0.1) is 0 Å². The van der Waals surface area contributed by atoms with Crippen molar-refractivity contribution in [3.63, 3.8) is 0 Å². The van der Waals surface area contributed by atoms with E-state index in [9.17, 15) is 19.5 Å². The predicted octanol–water partition coefficient (Wildman–Crippen LogP) is 1.47. The average molecular weight is 338 g/mol. The molecule has 1 aliphatic heterocycles. The second kappa shape index (κ2) is 7.04. The van der Waals surface area contributed by atoms with E-state index in [1.807, 2.05) is 0 Å². The summed E-state index contributed by atoms with van der Waals surface area (Å²) in [6, 6.07) is 2.17. The number of carbonyl (C=O) groups is 3. The number of ketones is 1. The number of carboxylic acids is 1. The second-order valence-electron chi connectivity index (χ2n) is 6.65. The summed E-state index contributed by atoms with van der Waals surface area (Å²) in [6.07, 6.45) is 0.841. The minimum Gasteiger partial charge on any atom is -0.480 e. The van der Waals surface area contributed by atoms with Crippen molar-refractivity contribution >= 4 is 17.8 Å². The molecule has 1 N–H and O–H groups in total. The van der Waals surface area contributed by atoms with Crippen molar-refractivity contribution in [1.29, 1.82) is 0 Å². The van der Waals surface area contributed by atoms with Gasteiger partial charge in [0.15, 0.2) is 5.76 Å². The summed E-state index contributed by atoms with van der Waals surface area (Å²) >= 11 is 0. The molecule has 1 atom stereocenters. The average Bonchev–Trinajstić information content (AvgIpc) is 2.99. The molecule has 8 nitrogen and oxygen atoms in total. The van der Waals surface area contributed by atoms with Gasteiger partial charge in [0.1, 0.15) is 11.6 Å². The molecule has 0 aromatic carbocycles. The molecule has 1 aliphatic rings. The summed E-state index contributed by atoms with van der Waals surface area (Å²) in [5.41, 5.74) is -0.651. The van der Waals surface area contributed by atoms with Gasteiger partial charge in [-0.2, -0.15) is 0 Å². The quantitative estimate of drug-likeness (QED) is 0.830. The highest BCUT2D eigenvalue weighted by molar-refractivity contribution is 5.95. The molecule has 1 fully saturated rings. The summed E-state index contributed by atoms with van der Waals surface area (Å²) < 4.78 is 10.3. The maximum Gasteiger partial charge on any atom is 0.410 e. The van der Waals surface area contributed by atoms with Crippen LogP contribution in [0.4, 0.5) is 4.79 Å². The highest BCUT2D eigenvalue weighted by atomic mass is 16.6. The number of ether oxygens (including phenoxy) is 1. The number of furan rings is 1. The minimum atomic E-state index is -1.09. The number of rotatable bonds is 4. The number of carbonyl (C=O) groups excluding carboxylic acids is 2. The van der Waals surface area contributed by atoms with Crippen LogP contribution in [0.25, 0.3) is 0 Å². The van der Waals surface area contributed by atoms with Crippen molar-refractivity contribution in [2.24, 2.45) is 0 Å². The van der Waals surface area contributed by atoms with Gasteiger partial charge in [-0.25, -0.2) is 4.79 Å². The zero-order valence-electron chi connectivity index (χ0n) is 14.0. The van der Waals surface area contributed by atoms with Crippen molar-refractivity contribution < 1.29 is 28.6 Å². The van der Waals surface area contributed by atoms with Crippen LogP contribution in [0.1, 0.15) is 31.3 Å². The fraction of sp³-hybridized carbons (Fsp3) is 0.562. The topological polar surface area (TPSA) is 100 Å². The monoisotopic (exact) mass is 338 g/mol. The van der Waals surface area contributed by atoms with E-state index in [4.69, 9.17) is 9.15 Å².